The van der Waals surface area contributed by atoms with E-state index in [1.807, 2.05) is 28.8 Å². The van der Waals surface area contributed by atoms with Crippen LogP contribution < -0.4 is 10.5 Å². The van der Waals surface area contributed by atoms with Crippen molar-refractivity contribution in [3.8, 4) is 17.0 Å². The van der Waals surface area contributed by atoms with E-state index in [-0.39, 0.29) is 23.7 Å². The first-order valence-electron chi connectivity index (χ1n) is 12.6. The average Bonchev–Trinajstić information content (AvgIpc) is 3.26. The van der Waals surface area contributed by atoms with Gasteiger partial charge in [-0.3, -0.25) is 4.40 Å². The largest absolute Gasteiger partial charge is 0.482 e. The lowest BCUT2D eigenvalue weighted by Crippen LogP contribution is -2.34. The van der Waals surface area contributed by atoms with Gasteiger partial charge in [0.2, 0.25) is 0 Å². The number of benzene rings is 1. The number of halogens is 1. The van der Waals surface area contributed by atoms with Gasteiger partial charge in [-0.2, -0.15) is 0 Å². The van der Waals surface area contributed by atoms with E-state index in [0.717, 1.165) is 0 Å². The van der Waals surface area contributed by atoms with Crippen LogP contribution in [0, 0.1) is 5.82 Å². The molecule has 0 aliphatic heterocycles. The molecular weight excluding hydrogens is 517 g/mol. The Hall–Kier alpha value is -4.67. The zero-order valence-corrected chi connectivity index (χ0v) is 23.3. The number of ether oxygens (including phenoxy) is 3. The smallest absolute Gasteiger partial charge is 0.410 e. The number of nitrogen functional groups attached to an aromatic ring is 1. The van der Waals surface area contributed by atoms with E-state index in [1.165, 1.54) is 30.2 Å². The summed E-state index contributed by atoms with van der Waals surface area (Å²) in [5.41, 5.74) is 8.55. The second-order valence-electron chi connectivity index (χ2n) is 10.3. The first kappa shape index (κ1) is 28.3. The topological polar surface area (TPSA) is 121 Å². The molecule has 0 saturated carbocycles. The number of methoxy groups -OCH3 is 1. The lowest BCUT2D eigenvalue weighted by Gasteiger charge is -2.24. The maximum Gasteiger partial charge on any atom is 0.410 e. The summed E-state index contributed by atoms with van der Waals surface area (Å²) in [4.78, 5) is 35.4. The molecule has 0 unspecified atom stereocenters. The summed E-state index contributed by atoms with van der Waals surface area (Å²) in [6.07, 6.45) is 2.18. The summed E-state index contributed by atoms with van der Waals surface area (Å²) >= 11 is 0. The van der Waals surface area contributed by atoms with E-state index in [0.29, 0.717) is 28.2 Å². The highest BCUT2D eigenvalue weighted by atomic mass is 19.1. The van der Waals surface area contributed by atoms with Crippen molar-refractivity contribution in [2.24, 2.45) is 0 Å². The predicted octanol–water partition coefficient (Wildman–Crippen LogP) is 5.41. The number of rotatable bonds is 7. The van der Waals surface area contributed by atoms with E-state index in [4.69, 9.17) is 24.9 Å². The Kier molecular flexibility index (Phi) is 7.94. The van der Waals surface area contributed by atoms with Crippen molar-refractivity contribution in [3.63, 3.8) is 0 Å². The van der Waals surface area contributed by atoms with Gasteiger partial charge in [-0.1, -0.05) is 6.07 Å². The first-order valence-corrected chi connectivity index (χ1v) is 12.6. The molecule has 0 saturated heterocycles. The van der Waals surface area contributed by atoms with Gasteiger partial charge in [0.25, 0.3) is 0 Å². The Balaban J connectivity index is 1.72. The Morgan fingerprint density at radius 3 is 2.62 bits per heavy atom. The SMILES string of the molecule is COC(=O)c1ccc(F)cc1[C@@H](C)Oc1cc(-c2c(CN(C)C(=O)OC(C)(C)C)nc3ccccn23)cnc1N. The first-order chi connectivity index (χ1) is 18.9. The second kappa shape index (κ2) is 11.2. The standard InChI is InChI=1S/C29H32FN5O5/c1-17(21-14-19(30)10-11-20(21)27(36)38-6)39-23-13-18(15-32-26(23)31)25-22(33-24-9-7-8-12-35(24)25)16-34(5)28(37)40-29(2,3)4/h7-15,17H,16H2,1-6H3,(H2,31,32)/t17-/m1/s1. The van der Waals surface area contributed by atoms with Crippen LogP contribution in [0.15, 0.2) is 54.9 Å². The van der Waals surface area contributed by atoms with E-state index in [2.05, 4.69) is 4.98 Å². The van der Waals surface area contributed by atoms with Gasteiger partial charge in [0, 0.05) is 30.6 Å². The number of carbonyl (C=O) groups excluding carboxylic acids is 2. The van der Waals surface area contributed by atoms with Crippen LogP contribution >= 0.6 is 0 Å². The Bertz CT molecular complexity index is 1560. The molecule has 0 aliphatic carbocycles. The molecule has 0 spiro atoms. The summed E-state index contributed by atoms with van der Waals surface area (Å²) in [7, 11) is 2.89. The molecule has 0 radical (unpaired) electrons. The van der Waals surface area contributed by atoms with Crippen LogP contribution in [0.5, 0.6) is 5.75 Å². The minimum atomic E-state index is -0.774. The van der Waals surface area contributed by atoms with Crippen LogP contribution in [-0.4, -0.2) is 51.1 Å². The minimum Gasteiger partial charge on any atom is -0.482 e. The molecule has 4 rings (SSSR count). The van der Waals surface area contributed by atoms with Crippen molar-refractivity contribution >= 4 is 23.5 Å². The molecule has 0 bridgehead atoms. The number of imidazole rings is 1. The van der Waals surface area contributed by atoms with Crippen molar-refractivity contribution in [1.29, 1.82) is 0 Å². The monoisotopic (exact) mass is 549 g/mol. The number of anilines is 1. The van der Waals surface area contributed by atoms with Crippen LogP contribution in [0.3, 0.4) is 0 Å². The summed E-state index contributed by atoms with van der Waals surface area (Å²) in [5, 5.41) is 0. The normalized spacial score (nSPS) is 12.2. The van der Waals surface area contributed by atoms with Crippen LogP contribution in [0.2, 0.25) is 0 Å². The molecule has 4 aromatic rings. The summed E-state index contributed by atoms with van der Waals surface area (Å²) in [6.45, 7) is 7.23. The van der Waals surface area contributed by atoms with Crippen molar-refractivity contribution in [1.82, 2.24) is 19.3 Å². The Labute approximate surface area is 231 Å². The van der Waals surface area contributed by atoms with Crippen molar-refractivity contribution in [2.45, 2.75) is 45.9 Å². The number of esters is 1. The molecule has 0 aliphatic rings. The molecule has 11 heteroatoms. The third-order valence-electron chi connectivity index (χ3n) is 6.01. The van der Waals surface area contributed by atoms with E-state index in [1.54, 1.807) is 47.0 Å². The highest BCUT2D eigenvalue weighted by molar-refractivity contribution is 5.91. The maximum atomic E-state index is 14.1. The Morgan fingerprint density at radius 1 is 1.18 bits per heavy atom. The molecule has 2 N–H and O–H groups in total. The molecule has 210 valence electrons. The van der Waals surface area contributed by atoms with Gasteiger partial charge in [-0.05, 0) is 64.1 Å². The molecule has 3 aromatic heterocycles. The number of fused-ring (bicyclic) bond motifs is 1. The number of amides is 1. The zero-order valence-electron chi connectivity index (χ0n) is 23.3. The molecule has 3 heterocycles. The van der Waals surface area contributed by atoms with E-state index < -0.39 is 29.6 Å². The van der Waals surface area contributed by atoms with Gasteiger partial charge in [-0.25, -0.2) is 23.9 Å². The minimum absolute atomic E-state index is 0.105. The number of hydrogen-bond donors (Lipinski definition) is 1. The highest BCUT2D eigenvalue weighted by Gasteiger charge is 2.24. The van der Waals surface area contributed by atoms with Crippen LogP contribution in [0.1, 0.15) is 55.4 Å². The van der Waals surface area contributed by atoms with Crippen LogP contribution in [0.25, 0.3) is 16.9 Å². The van der Waals surface area contributed by atoms with Crippen molar-refractivity contribution in [3.05, 3.63) is 77.5 Å². The number of hydrogen-bond acceptors (Lipinski definition) is 8. The highest BCUT2D eigenvalue weighted by Crippen LogP contribution is 2.34. The van der Waals surface area contributed by atoms with Gasteiger partial charge in [-0.15, -0.1) is 0 Å². The number of nitrogens with zero attached hydrogens (tertiary/aromatic N) is 4. The van der Waals surface area contributed by atoms with E-state index in [9.17, 15) is 14.0 Å². The zero-order chi connectivity index (χ0) is 29.2. The number of pyridine rings is 2. The molecule has 1 atom stereocenters. The van der Waals surface area contributed by atoms with Gasteiger partial charge in [0.1, 0.15) is 23.2 Å². The summed E-state index contributed by atoms with van der Waals surface area (Å²) in [5.74, 6) is -0.813. The maximum absolute atomic E-state index is 14.1. The molecular formula is C29H32FN5O5. The fraction of sp³-hybridized carbons (Fsp3) is 0.310. The fourth-order valence-corrected chi connectivity index (χ4v) is 4.19. The third-order valence-corrected chi connectivity index (χ3v) is 6.01. The Morgan fingerprint density at radius 2 is 1.93 bits per heavy atom. The number of aromatic nitrogens is 3. The van der Waals surface area contributed by atoms with Crippen molar-refractivity contribution < 1.29 is 28.2 Å². The predicted molar refractivity (Wildman–Crippen MR) is 147 cm³/mol. The quantitative estimate of drug-likeness (QED) is 0.304. The van der Waals surface area contributed by atoms with Gasteiger partial charge in [0.05, 0.1) is 30.6 Å². The molecule has 1 amide bonds. The number of carbonyl (C=O) groups is 2. The number of nitrogens with two attached hydrogens (primary N) is 1. The fourth-order valence-electron chi connectivity index (χ4n) is 4.19. The van der Waals surface area contributed by atoms with Crippen molar-refractivity contribution in [2.75, 3.05) is 19.9 Å². The van der Waals surface area contributed by atoms with Gasteiger partial charge >= 0.3 is 12.1 Å². The van der Waals surface area contributed by atoms with E-state index >= 15 is 0 Å². The van der Waals surface area contributed by atoms with Crippen LogP contribution in [0.4, 0.5) is 15.0 Å². The van der Waals surface area contributed by atoms with Gasteiger partial charge in [0.15, 0.2) is 11.6 Å². The second-order valence-corrected chi connectivity index (χ2v) is 10.3. The third kappa shape index (κ3) is 6.14. The summed E-state index contributed by atoms with van der Waals surface area (Å²) < 4.78 is 32.4. The van der Waals surface area contributed by atoms with Crippen LogP contribution in [-0.2, 0) is 16.0 Å². The summed E-state index contributed by atoms with van der Waals surface area (Å²) in [6, 6.07) is 11.0. The lowest BCUT2D eigenvalue weighted by atomic mass is 10.0. The molecule has 0 fully saturated rings. The lowest BCUT2D eigenvalue weighted by molar-refractivity contribution is 0.0283. The average molecular weight is 550 g/mol. The molecule has 1 aromatic carbocycles. The van der Waals surface area contributed by atoms with Gasteiger partial charge < -0.3 is 24.8 Å². The molecule has 10 nitrogen and oxygen atoms in total. The molecule has 40 heavy (non-hydrogen) atoms.